The first-order valence-corrected chi connectivity index (χ1v) is 10.7. The highest BCUT2D eigenvalue weighted by molar-refractivity contribution is 5.91. The summed E-state index contributed by atoms with van der Waals surface area (Å²) in [7, 11) is 0. The minimum absolute atomic E-state index is 0.375. The molecule has 0 unspecified atom stereocenters. The Hall–Kier alpha value is -4.42. The fourth-order valence-corrected chi connectivity index (χ4v) is 3.04. The summed E-state index contributed by atoms with van der Waals surface area (Å²) in [4.78, 5) is 16.7. The van der Waals surface area contributed by atoms with Crippen LogP contribution >= 0.6 is 0 Å². The zero-order chi connectivity index (χ0) is 23.0. The third-order valence-electron chi connectivity index (χ3n) is 5.01. The smallest absolute Gasteiger partial charge is 0.343 e. The number of nitrogens with zero attached hydrogens (tertiary/aromatic N) is 1. The Labute approximate surface area is 194 Å². The van der Waals surface area contributed by atoms with E-state index in [1.807, 2.05) is 85.9 Å². The van der Waals surface area contributed by atoms with Crippen LogP contribution in [0.15, 0.2) is 102 Å². The van der Waals surface area contributed by atoms with Gasteiger partial charge in [0.25, 0.3) is 0 Å². The van der Waals surface area contributed by atoms with Gasteiger partial charge in [0.15, 0.2) is 0 Å². The first-order valence-electron chi connectivity index (χ1n) is 10.7. The maximum atomic E-state index is 12.2. The monoisotopic (exact) mass is 429 g/mol. The van der Waals surface area contributed by atoms with Crippen molar-refractivity contribution in [2.24, 2.45) is 4.99 Å². The van der Waals surface area contributed by atoms with Crippen LogP contribution in [0.2, 0.25) is 0 Å². The van der Waals surface area contributed by atoms with Gasteiger partial charge < -0.3 is 4.74 Å². The van der Waals surface area contributed by atoms with Gasteiger partial charge in [-0.25, -0.2) is 4.79 Å². The summed E-state index contributed by atoms with van der Waals surface area (Å²) in [6.45, 7) is 4.03. The number of esters is 1. The largest absolute Gasteiger partial charge is 0.423 e. The number of aryl methyl sites for hydroxylation is 2. The van der Waals surface area contributed by atoms with Crippen LogP contribution in [0.25, 0.3) is 0 Å². The van der Waals surface area contributed by atoms with Crippen molar-refractivity contribution in [3.63, 3.8) is 0 Å². The second kappa shape index (κ2) is 10.3. The van der Waals surface area contributed by atoms with E-state index in [2.05, 4.69) is 23.8 Å². The molecule has 0 fully saturated rings. The predicted molar refractivity (Wildman–Crippen MR) is 133 cm³/mol. The maximum absolute atomic E-state index is 12.2. The number of hydrogen-bond donors (Lipinski definition) is 0. The molecule has 4 rings (SSSR count). The maximum Gasteiger partial charge on any atom is 0.343 e. The summed E-state index contributed by atoms with van der Waals surface area (Å²) >= 11 is 0. The fraction of sp³-hybridized carbons (Fsp3) is 0.0667. The Bertz CT molecular complexity index is 1320. The number of carbonyl (C=O) groups is 1. The number of carbonyl (C=O) groups excluding carboxylic acids is 1. The number of rotatable bonds is 4. The number of hydrogen-bond acceptors (Lipinski definition) is 3. The third kappa shape index (κ3) is 6.29. The van der Waals surface area contributed by atoms with E-state index in [1.54, 1.807) is 24.3 Å². The van der Waals surface area contributed by atoms with Gasteiger partial charge in [0, 0.05) is 17.3 Å². The molecule has 0 amide bonds. The van der Waals surface area contributed by atoms with Crippen molar-refractivity contribution in [2.75, 3.05) is 0 Å². The Morgan fingerprint density at radius 2 is 1.21 bits per heavy atom. The van der Waals surface area contributed by atoms with Crippen LogP contribution in [-0.2, 0) is 0 Å². The lowest BCUT2D eigenvalue weighted by molar-refractivity contribution is 0.0734. The van der Waals surface area contributed by atoms with E-state index in [0.29, 0.717) is 11.3 Å². The van der Waals surface area contributed by atoms with Crippen LogP contribution < -0.4 is 4.74 Å². The summed E-state index contributed by atoms with van der Waals surface area (Å²) in [6.07, 6.45) is 1.85. The van der Waals surface area contributed by atoms with Gasteiger partial charge in [-0.15, -0.1) is 0 Å². The molecule has 0 heterocycles. The quantitative estimate of drug-likeness (QED) is 0.157. The second-order valence-electron chi connectivity index (χ2n) is 7.75. The van der Waals surface area contributed by atoms with Gasteiger partial charge in [0.05, 0.1) is 11.3 Å². The molecule has 160 valence electrons. The molecule has 0 aliphatic rings. The zero-order valence-electron chi connectivity index (χ0n) is 18.6. The topological polar surface area (TPSA) is 38.7 Å². The molecule has 0 atom stereocenters. The first-order chi connectivity index (χ1) is 16.0. The molecule has 0 saturated heterocycles. The Balaban J connectivity index is 1.36. The highest BCUT2D eigenvalue weighted by Gasteiger charge is 2.07. The molecule has 0 radical (unpaired) electrons. The number of ether oxygens (including phenoxy) is 1. The lowest BCUT2D eigenvalue weighted by atomic mass is 10.1. The molecule has 4 aromatic rings. The molecule has 0 N–H and O–H groups in total. The SMILES string of the molecule is Cc1ccc(/N=C/c2ccc(C#Cc3ccc(OC(=O)c4ccc(C)cc4)cc3)cc2)cc1. The highest BCUT2D eigenvalue weighted by Crippen LogP contribution is 2.15. The molecule has 0 bridgehead atoms. The van der Waals surface area contributed by atoms with E-state index < -0.39 is 0 Å². The fourth-order valence-electron chi connectivity index (χ4n) is 3.04. The van der Waals surface area contributed by atoms with E-state index >= 15 is 0 Å². The molecular weight excluding hydrogens is 406 g/mol. The molecular formula is C30H23NO2. The number of aliphatic imine (C=N–C) groups is 1. The Kier molecular flexibility index (Phi) is 6.78. The summed E-state index contributed by atoms with van der Waals surface area (Å²) in [5, 5.41) is 0. The van der Waals surface area contributed by atoms with Crippen LogP contribution in [0.1, 0.15) is 38.2 Å². The van der Waals surface area contributed by atoms with Crippen molar-refractivity contribution in [2.45, 2.75) is 13.8 Å². The second-order valence-corrected chi connectivity index (χ2v) is 7.75. The minimum Gasteiger partial charge on any atom is -0.423 e. The highest BCUT2D eigenvalue weighted by atomic mass is 16.5. The van der Waals surface area contributed by atoms with Gasteiger partial charge in [0.2, 0.25) is 0 Å². The average molecular weight is 430 g/mol. The normalized spacial score (nSPS) is 10.5. The van der Waals surface area contributed by atoms with Crippen LogP contribution in [0, 0.1) is 25.7 Å². The van der Waals surface area contributed by atoms with Crippen LogP contribution in [0.3, 0.4) is 0 Å². The van der Waals surface area contributed by atoms with E-state index in [1.165, 1.54) is 5.56 Å². The first kappa shape index (κ1) is 21.8. The van der Waals surface area contributed by atoms with Gasteiger partial charge in [-0.1, -0.05) is 59.4 Å². The van der Waals surface area contributed by atoms with Gasteiger partial charge in [-0.2, -0.15) is 0 Å². The summed E-state index contributed by atoms with van der Waals surface area (Å²) in [6, 6.07) is 30.5. The summed E-state index contributed by atoms with van der Waals surface area (Å²) < 4.78 is 5.43. The molecule has 0 aliphatic heterocycles. The van der Waals surface area contributed by atoms with Crippen molar-refractivity contribution in [1.29, 1.82) is 0 Å². The van der Waals surface area contributed by atoms with E-state index in [9.17, 15) is 4.79 Å². The summed E-state index contributed by atoms with van der Waals surface area (Å²) in [5.74, 6) is 6.41. The number of benzene rings is 4. The lowest BCUT2D eigenvalue weighted by Gasteiger charge is -2.04. The molecule has 0 aromatic heterocycles. The van der Waals surface area contributed by atoms with Crippen molar-refractivity contribution in [3.05, 3.63) is 130 Å². The van der Waals surface area contributed by atoms with E-state index in [0.717, 1.165) is 27.9 Å². The van der Waals surface area contributed by atoms with Gasteiger partial charge in [-0.3, -0.25) is 4.99 Å². The van der Waals surface area contributed by atoms with Crippen LogP contribution in [0.5, 0.6) is 5.75 Å². The van der Waals surface area contributed by atoms with Gasteiger partial charge >= 0.3 is 5.97 Å². The lowest BCUT2D eigenvalue weighted by Crippen LogP contribution is -2.08. The van der Waals surface area contributed by atoms with Crippen LogP contribution in [-0.4, -0.2) is 12.2 Å². The zero-order valence-corrected chi connectivity index (χ0v) is 18.6. The average Bonchev–Trinajstić information content (AvgIpc) is 2.84. The Morgan fingerprint density at radius 1 is 0.697 bits per heavy atom. The molecule has 33 heavy (non-hydrogen) atoms. The molecule has 0 saturated carbocycles. The van der Waals surface area contributed by atoms with Crippen molar-refractivity contribution < 1.29 is 9.53 Å². The Morgan fingerprint density at radius 3 is 1.79 bits per heavy atom. The van der Waals surface area contributed by atoms with Crippen molar-refractivity contribution >= 4 is 17.9 Å². The predicted octanol–water partition coefficient (Wildman–Crippen LogP) is 6.67. The molecule has 4 aromatic carbocycles. The van der Waals surface area contributed by atoms with Crippen molar-refractivity contribution in [1.82, 2.24) is 0 Å². The van der Waals surface area contributed by atoms with E-state index in [-0.39, 0.29) is 5.97 Å². The van der Waals surface area contributed by atoms with Crippen molar-refractivity contribution in [3.8, 4) is 17.6 Å². The molecule has 3 nitrogen and oxygen atoms in total. The summed E-state index contributed by atoms with van der Waals surface area (Å²) in [5.41, 5.74) is 6.54. The molecule has 0 spiro atoms. The minimum atomic E-state index is -0.375. The molecule has 0 aliphatic carbocycles. The van der Waals surface area contributed by atoms with E-state index in [4.69, 9.17) is 4.74 Å². The van der Waals surface area contributed by atoms with Crippen LogP contribution in [0.4, 0.5) is 5.69 Å². The standard InChI is InChI=1S/C30H23NO2/c1-22-3-15-27(16-4-22)30(32)33-29-19-13-25(14-20-29)8-7-24-9-11-26(12-10-24)21-31-28-17-5-23(2)6-18-28/h3-6,9-21H,1-2H3/b31-21+. The third-order valence-corrected chi connectivity index (χ3v) is 5.01. The molecule has 3 heteroatoms. The van der Waals surface area contributed by atoms with Gasteiger partial charge in [-0.05, 0) is 80.1 Å². The van der Waals surface area contributed by atoms with Gasteiger partial charge in [0.1, 0.15) is 5.75 Å².